The number of rotatable bonds is 8. The summed E-state index contributed by atoms with van der Waals surface area (Å²) < 4.78 is 0. The van der Waals surface area contributed by atoms with Crippen LogP contribution in [0.5, 0.6) is 0 Å². The maximum atomic E-state index is 2.67. The van der Waals surface area contributed by atoms with Gasteiger partial charge in [-0.05, 0) is 80.3 Å². The Hall–Kier alpha value is -0.780. The average molecular weight is 359 g/mol. The first kappa shape index (κ1) is 23.3. The van der Waals surface area contributed by atoms with E-state index in [2.05, 4.69) is 75.3 Å². The lowest BCUT2D eigenvalue weighted by atomic mass is 9.71. The van der Waals surface area contributed by atoms with Crippen LogP contribution in [-0.4, -0.2) is 0 Å². The molecule has 0 N–H and O–H groups in total. The van der Waals surface area contributed by atoms with Crippen molar-refractivity contribution in [3.63, 3.8) is 0 Å². The lowest BCUT2D eigenvalue weighted by molar-refractivity contribution is 0.467. The van der Waals surface area contributed by atoms with Crippen LogP contribution in [0.4, 0.5) is 0 Å². The predicted molar refractivity (Wildman–Crippen MR) is 119 cm³/mol. The first-order valence-corrected chi connectivity index (χ1v) is 11.3. The third-order valence-corrected chi connectivity index (χ3v) is 7.18. The molecule has 0 aromatic heterocycles. The van der Waals surface area contributed by atoms with Crippen LogP contribution in [0, 0.1) is 29.6 Å². The average Bonchev–Trinajstić information content (AvgIpc) is 2.62. The molecule has 26 heavy (non-hydrogen) atoms. The van der Waals surface area contributed by atoms with Gasteiger partial charge in [0.1, 0.15) is 0 Å². The maximum absolute atomic E-state index is 2.67. The van der Waals surface area contributed by atoms with E-state index in [1.165, 1.54) is 32.1 Å². The first-order chi connectivity index (χ1) is 12.2. The minimum absolute atomic E-state index is 0.567. The van der Waals surface area contributed by atoms with Gasteiger partial charge in [0.05, 0.1) is 0 Å². The lowest BCUT2D eigenvalue weighted by Gasteiger charge is -2.35. The Kier molecular flexibility index (Phi) is 9.42. The number of hydrogen-bond donors (Lipinski definition) is 0. The molecule has 0 aliphatic heterocycles. The van der Waals surface area contributed by atoms with Crippen LogP contribution in [-0.2, 0) is 0 Å². The molecule has 1 aliphatic carbocycles. The van der Waals surface area contributed by atoms with Crippen molar-refractivity contribution in [1.82, 2.24) is 0 Å². The van der Waals surface area contributed by atoms with E-state index in [0.29, 0.717) is 29.6 Å². The van der Waals surface area contributed by atoms with Gasteiger partial charge in [-0.25, -0.2) is 0 Å². The van der Waals surface area contributed by atoms with Crippen molar-refractivity contribution in [2.24, 2.45) is 29.6 Å². The summed E-state index contributed by atoms with van der Waals surface area (Å²) in [5.41, 5.74) is 8.33. The third kappa shape index (κ3) is 5.14. The lowest BCUT2D eigenvalue weighted by Crippen LogP contribution is -2.21. The van der Waals surface area contributed by atoms with E-state index in [1.807, 2.05) is 0 Å². The molecular formula is C26H46. The van der Waals surface area contributed by atoms with Gasteiger partial charge in [0.2, 0.25) is 0 Å². The van der Waals surface area contributed by atoms with Crippen LogP contribution >= 0.6 is 0 Å². The van der Waals surface area contributed by atoms with Gasteiger partial charge in [-0.15, -0.1) is 0 Å². The molecule has 0 fully saturated rings. The van der Waals surface area contributed by atoms with E-state index < -0.39 is 0 Å². The molecule has 0 saturated carbocycles. The third-order valence-electron chi connectivity index (χ3n) is 7.18. The van der Waals surface area contributed by atoms with Crippen LogP contribution in [0.15, 0.2) is 33.9 Å². The Morgan fingerprint density at radius 2 is 1.62 bits per heavy atom. The number of hydrogen-bond acceptors (Lipinski definition) is 0. The van der Waals surface area contributed by atoms with Crippen molar-refractivity contribution >= 4 is 0 Å². The SMILES string of the molecule is CCCCC1=C(C)C(C(C)C(C)C)=C(C)C(C)C(C(C)CC)=CC1CC. The monoisotopic (exact) mass is 358 g/mol. The molecule has 0 heterocycles. The van der Waals surface area contributed by atoms with E-state index in [9.17, 15) is 0 Å². The van der Waals surface area contributed by atoms with Crippen LogP contribution in [0.2, 0.25) is 0 Å². The second-order valence-electron chi connectivity index (χ2n) is 9.10. The summed E-state index contributed by atoms with van der Waals surface area (Å²) in [5.74, 6) is 3.18. The molecule has 0 spiro atoms. The van der Waals surface area contributed by atoms with Crippen LogP contribution in [0.3, 0.4) is 0 Å². The molecule has 0 aromatic rings. The van der Waals surface area contributed by atoms with Crippen LogP contribution in [0.1, 0.15) is 101 Å². The van der Waals surface area contributed by atoms with Gasteiger partial charge < -0.3 is 0 Å². The minimum Gasteiger partial charge on any atom is -0.0773 e. The van der Waals surface area contributed by atoms with Crippen LogP contribution in [0.25, 0.3) is 0 Å². The predicted octanol–water partition coefficient (Wildman–Crippen LogP) is 8.75. The zero-order valence-electron chi connectivity index (χ0n) is 19.5. The molecule has 1 aliphatic rings. The van der Waals surface area contributed by atoms with Gasteiger partial charge in [-0.1, -0.05) is 84.6 Å². The molecule has 0 heteroatoms. The maximum Gasteiger partial charge on any atom is -0.00153 e. The van der Waals surface area contributed by atoms with E-state index in [4.69, 9.17) is 0 Å². The molecule has 0 nitrogen and oxygen atoms in total. The summed E-state index contributed by atoms with van der Waals surface area (Å²) in [6, 6.07) is 0. The van der Waals surface area contributed by atoms with Gasteiger partial charge in [-0.3, -0.25) is 0 Å². The van der Waals surface area contributed by atoms with Gasteiger partial charge in [-0.2, -0.15) is 0 Å². The van der Waals surface area contributed by atoms with Gasteiger partial charge >= 0.3 is 0 Å². The molecule has 0 amide bonds. The first-order valence-electron chi connectivity index (χ1n) is 11.3. The second kappa shape index (κ2) is 10.5. The Morgan fingerprint density at radius 3 is 2.08 bits per heavy atom. The molecule has 0 saturated heterocycles. The van der Waals surface area contributed by atoms with Crippen molar-refractivity contribution in [1.29, 1.82) is 0 Å². The van der Waals surface area contributed by atoms with Crippen molar-refractivity contribution in [2.45, 2.75) is 101 Å². The summed E-state index contributed by atoms with van der Waals surface area (Å²) in [6.45, 7) is 24.0. The quantitative estimate of drug-likeness (QED) is 0.380. The molecule has 0 aromatic carbocycles. The highest BCUT2D eigenvalue weighted by Gasteiger charge is 2.28. The molecule has 0 bridgehead atoms. The molecule has 1 rings (SSSR count). The highest BCUT2D eigenvalue weighted by Crippen LogP contribution is 2.43. The van der Waals surface area contributed by atoms with Crippen molar-refractivity contribution < 1.29 is 0 Å². The second-order valence-corrected chi connectivity index (χ2v) is 9.10. The molecule has 4 unspecified atom stereocenters. The van der Waals surface area contributed by atoms with Crippen LogP contribution < -0.4 is 0 Å². The zero-order valence-corrected chi connectivity index (χ0v) is 19.5. The van der Waals surface area contributed by atoms with Crippen molar-refractivity contribution in [2.75, 3.05) is 0 Å². The Labute approximate surface area is 165 Å². The van der Waals surface area contributed by atoms with E-state index in [1.54, 1.807) is 27.9 Å². The molecule has 150 valence electrons. The van der Waals surface area contributed by atoms with Gasteiger partial charge in [0, 0.05) is 0 Å². The summed E-state index contributed by atoms with van der Waals surface area (Å²) in [7, 11) is 0. The fraction of sp³-hybridized carbons (Fsp3) is 0.769. The van der Waals surface area contributed by atoms with E-state index in [-0.39, 0.29) is 0 Å². The molecule has 4 atom stereocenters. The molecular weight excluding hydrogens is 312 g/mol. The Bertz CT molecular complexity index is 540. The Balaban J connectivity index is 3.70. The smallest absolute Gasteiger partial charge is 0.00153 e. The summed E-state index contributed by atoms with van der Waals surface area (Å²) in [4.78, 5) is 0. The highest BCUT2D eigenvalue weighted by atomic mass is 14.3. The largest absolute Gasteiger partial charge is 0.0773 e. The molecule has 0 radical (unpaired) electrons. The summed E-state index contributed by atoms with van der Waals surface area (Å²) in [5, 5.41) is 0. The van der Waals surface area contributed by atoms with Crippen molar-refractivity contribution in [3.05, 3.63) is 33.9 Å². The standard InChI is InChI=1S/C26H46/c1-11-14-15-24-22(10)26(19(7)17(4)5)21(9)20(8)25(18(6)12-2)16-23(24)13-3/h16-20,23H,11-15H2,1-10H3. The van der Waals surface area contributed by atoms with Gasteiger partial charge in [0.15, 0.2) is 0 Å². The normalized spacial score (nSPS) is 24.5. The fourth-order valence-corrected chi connectivity index (χ4v) is 4.67. The van der Waals surface area contributed by atoms with Gasteiger partial charge in [0.25, 0.3) is 0 Å². The number of allylic oxidation sites excluding steroid dienone is 6. The van der Waals surface area contributed by atoms with E-state index in [0.717, 1.165) is 0 Å². The summed E-state index contributed by atoms with van der Waals surface area (Å²) in [6.07, 6.45) is 9.00. The number of unbranched alkanes of at least 4 members (excludes halogenated alkanes) is 1. The van der Waals surface area contributed by atoms with E-state index >= 15 is 0 Å². The summed E-state index contributed by atoms with van der Waals surface area (Å²) >= 11 is 0. The Morgan fingerprint density at radius 1 is 1.00 bits per heavy atom. The minimum atomic E-state index is 0.567. The highest BCUT2D eigenvalue weighted by molar-refractivity contribution is 5.45. The topological polar surface area (TPSA) is 0 Å². The fourth-order valence-electron chi connectivity index (χ4n) is 4.67. The van der Waals surface area contributed by atoms with Crippen molar-refractivity contribution in [3.8, 4) is 0 Å². The zero-order chi connectivity index (χ0) is 20.0.